The number of imidazole rings is 1. The quantitative estimate of drug-likeness (QED) is 0.776. The average molecular weight is 206 g/mol. The van der Waals surface area contributed by atoms with E-state index in [1.165, 1.54) is 0 Å². The molecule has 80 valence electrons. The van der Waals surface area contributed by atoms with E-state index in [0.29, 0.717) is 6.61 Å². The first-order chi connectivity index (χ1) is 7.24. The van der Waals surface area contributed by atoms with Crippen LogP contribution < -0.4 is 0 Å². The van der Waals surface area contributed by atoms with Gasteiger partial charge in [0.25, 0.3) is 0 Å². The fourth-order valence-corrected chi connectivity index (χ4v) is 1.63. The van der Waals surface area contributed by atoms with E-state index in [4.69, 9.17) is 4.74 Å². The lowest BCUT2D eigenvalue weighted by Crippen LogP contribution is -2.03. The van der Waals surface area contributed by atoms with Gasteiger partial charge in [-0.25, -0.2) is 4.98 Å². The molecule has 0 radical (unpaired) electrons. The number of para-hydroxylation sites is 1. The molecule has 1 N–H and O–H groups in total. The van der Waals surface area contributed by atoms with E-state index in [9.17, 15) is 5.11 Å². The highest BCUT2D eigenvalue weighted by molar-refractivity contribution is 5.79. The van der Waals surface area contributed by atoms with Crippen LogP contribution in [0.3, 0.4) is 0 Å². The molecule has 2 aromatic rings. The van der Waals surface area contributed by atoms with Gasteiger partial charge in [-0.05, 0) is 13.0 Å². The normalized spacial score (nSPS) is 13.3. The van der Waals surface area contributed by atoms with E-state index >= 15 is 0 Å². The third kappa shape index (κ3) is 1.73. The molecule has 1 atom stereocenters. The molecule has 0 bridgehead atoms. The molecule has 0 saturated carbocycles. The van der Waals surface area contributed by atoms with Gasteiger partial charge in [0.2, 0.25) is 0 Å². The molecule has 0 aliphatic carbocycles. The Kier molecular flexibility index (Phi) is 2.70. The number of nitrogens with zero attached hydrogens (tertiary/aromatic N) is 2. The molecule has 0 amide bonds. The molecular formula is C11H14N2O2. The van der Waals surface area contributed by atoms with Gasteiger partial charge in [-0.15, -0.1) is 0 Å². The zero-order chi connectivity index (χ0) is 10.8. The molecule has 2 rings (SSSR count). The zero-order valence-electron chi connectivity index (χ0n) is 8.84. The lowest BCUT2D eigenvalue weighted by Gasteiger charge is -2.11. The molecule has 1 aromatic heterocycles. The van der Waals surface area contributed by atoms with Crippen LogP contribution in [0.2, 0.25) is 0 Å². The number of aromatic nitrogens is 2. The first-order valence-electron chi connectivity index (χ1n) is 4.93. The summed E-state index contributed by atoms with van der Waals surface area (Å²) in [6, 6.07) is 5.68. The van der Waals surface area contributed by atoms with E-state index in [1.807, 2.05) is 36.7 Å². The van der Waals surface area contributed by atoms with Crippen molar-refractivity contribution in [2.24, 2.45) is 7.05 Å². The first kappa shape index (κ1) is 10.1. The maximum atomic E-state index is 9.76. The van der Waals surface area contributed by atoms with Gasteiger partial charge in [0.15, 0.2) is 6.29 Å². The van der Waals surface area contributed by atoms with Crippen LogP contribution in [-0.4, -0.2) is 21.3 Å². The maximum absolute atomic E-state index is 9.76. The Bertz CT molecular complexity index is 465. The Labute approximate surface area is 88.1 Å². The molecule has 1 aromatic carbocycles. The van der Waals surface area contributed by atoms with Crippen LogP contribution in [-0.2, 0) is 11.8 Å². The number of aliphatic hydroxyl groups excluding tert-OH is 1. The predicted molar refractivity (Wildman–Crippen MR) is 57.3 cm³/mol. The van der Waals surface area contributed by atoms with E-state index in [0.717, 1.165) is 16.6 Å². The summed E-state index contributed by atoms with van der Waals surface area (Å²) in [5, 5.41) is 9.76. The molecule has 15 heavy (non-hydrogen) atoms. The largest absolute Gasteiger partial charge is 0.364 e. The van der Waals surface area contributed by atoms with Gasteiger partial charge < -0.3 is 14.4 Å². The first-order valence-corrected chi connectivity index (χ1v) is 4.93. The van der Waals surface area contributed by atoms with Crippen molar-refractivity contribution in [3.63, 3.8) is 0 Å². The van der Waals surface area contributed by atoms with Gasteiger partial charge in [-0.1, -0.05) is 12.1 Å². The van der Waals surface area contributed by atoms with Gasteiger partial charge in [0.1, 0.15) is 0 Å². The van der Waals surface area contributed by atoms with Crippen LogP contribution in [0, 0.1) is 0 Å². The highest BCUT2D eigenvalue weighted by atomic mass is 16.6. The summed E-state index contributed by atoms with van der Waals surface area (Å²) in [4.78, 5) is 4.24. The summed E-state index contributed by atoms with van der Waals surface area (Å²) in [5.41, 5.74) is 2.50. The molecule has 1 heterocycles. The van der Waals surface area contributed by atoms with Crippen molar-refractivity contribution in [3.8, 4) is 0 Å². The van der Waals surface area contributed by atoms with E-state index in [2.05, 4.69) is 4.98 Å². The van der Waals surface area contributed by atoms with Crippen LogP contribution in [0.25, 0.3) is 11.0 Å². The van der Waals surface area contributed by atoms with Gasteiger partial charge in [-0.3, -0.25) is 0 Å². The lowest BCUT2D eigenvalue weighted by molar-refractivity contribution is -0.0970. The van der Waals surface area contributed by atoms with Crippen molar-refractivity contribution in [2.45, 2.75) is 13.2 Å². The number of hydrogen-bond acceptors (Lipinski definition) is 3. The smallest absolute Gasteiger partial charge is 0.183 e. The number of hydrogen-bond donors (Lipinski definition) is 1. The number of fused-ring (bicyclic) bond motifs is 1. The maximum Gasteiger partial charge on any atom is 0.183 e. The minimum atomic E-state index is -0.895. The number of rotatable bonds is 3. The standard InChI is InChI=1S/C11H14N2O2/c1-3-15-11(14)8-5-4-6-9-10(8)12-7-13(9)2/h4-7,11,14H,3H2,1-2H3. The van der Waals surface area contributed by atoms with Crippen molar-refractivity contribution in [1.82, 2.24) is 9.55 Å². The van der Waals surface area contributed by atoms with Gasteiger partial charge in [0.05, 0.1) is 17.4 Å². The molecule has 0 saturated heterocycles. The number of aryl methyl sites for hydroxylation is 1. The van der Waals surface area contributed by atoms with Crippen molar-refractivity contribution in [2.75, 3.05) is 6.61 Å². The number of aliphatic hydroxyl groups is 1. The SMILES string of the molecule is CCOC(O)c1cccc2c1ncn2C. The van der Waals surface area contributed by atoms with E-state index in [1.54, 1.807) is 6.33 Å². The van der Waals surface area contributed by atoms with Crippen LogP contribution in [0.15, 0.2) is 24.5 Å². The summed E-state index contributed by atoms with van der Waals surface area (Å²) in [6.45, 7) is 2.33. The highest BCUT2D eigenvalue weighted by Crippen LogP contribution is 2.23. The average Bonchev–Trinajstić information content (AvgIpc) is 2.61. The van der Waals surface area contributed by atoms with E-state index < -0.39 is 6.29 Å². The Hall–Kier alpha value is -1.39. The molecule has 0 spiro atoms. The molecule has 0 fully saturated rings. The van der Waals surface area contributed by atoms with Crippen LogP contribution >= 0.6 is 0 Å². The second-order valence-electron chi connectivity index (χ2n) is 3.38. The molecule has 0 aliphatic rings. The molecule has 4 nitrogen and oxygen atoms in total. The third-order valence-corrected chi connectivity index (χ3v) is 2.38. The second kappa shape index (κ2) is 4.00. The lowest BCUT2D eigenvalue weighted by atomic mass is 10.2. The monoisotopic (exact) mass is 206 g/mol. The fourth-order valence-electron chi connectivity index (χ4n) is 1.63. The van der Waals surface area contributed by atoms with Crippen molar-refractivity contribution in [1.29, 1.82) is 0 Å². The van der Waals surface area contributed by atoms with Gasteiger partial charge in [-0.2, -0.15) is 0 Å². The summed E-state index contributed by atoms with van der Waals surface area (Å²) in [5.74, 6) is 0. The summed E-state index contributed by atoms with van der Waals surface area (Å²) in [6.07, 6.45) is 0.834. The molecule has 1 unspecified atom stereocenters. The Morgan fingerprint density at radius 3 is 3.07 bits per heavy atom. The van der Waals surface area contributed by atoms with Crippen molar-refractivity contribution < 1.29 is 9.84 Å². The predicted octanol–water partition coefficient (Wildman–Crippen LogP) is 1.60. The minimum Gasteiger partial charge on any atom is -0.364 e. The van der Waals surface area contributed by atoms with Crippen LogP contribution in [0.5, 0.6) is 0 Å². The van der Waals surface area contributed by atoms with Gasteiger partial charge >= 0.3 is 0 Å². The van der Waals surface area contributed by atoms with Crippen molar-refractivity contribution in [3.05, 3.63) is 30.1 Å². The fraction of sp³-hybridized carbons (Fsp3) is 0.364. The van der Waals surface area contributed by atoms with E-state index in [-0.39, 0.29) is 0 Å². The Morgan fingerprint density at radius 1 is 1.53 bits per heavy atom. The number of benzene rings is 1. The number of ether oxygens (including phenoxy) is 1. The highest BCUT2D eigenvalue weighted by Gasteiger charge is 2.13. The topological polar surface area (TPSA) is 47.3 Å². The van der Waals surface area contributed by atoms with Crippen molar-refractivity contribution >= 4 is 11.0 Å². The Morgan fingerprint density at radius 2 is 2.33 bits per heavy atom. The Balaban J connectivity index is 2.51. The zero-order valence-corrected chi connectivity index (χ0v) is 8.84. The molecular weight excluding hydrogens is 192 g/mol. The second-order valence-corrected chi connectivity index (χ2v) is 3.38. The van der Waals surface area contributed by atoms with Gasteiger partial charge in [0, 0.05) is 19.2 Å². The van der Waals surface area contributed by atoms with Crippen LogP contribution in [0.4, 0.5) is 0 Å². The minimum absolute atomic E-state index is 0.477. The summed E-state index contributed by atoms with van der Waals surface area (Å²) in [7, 11) is 1.92. The molecule has 0 aliphatic heterocycles. The third-order valence-electron chi connectivity index (χ3n) is 2.38. The summed E-state index contributed by atoms with van der Waals surface area (Å²) >= 11 is 0. The summed E-state index contributed by atoms with van der Waals surface area (Å²) < 4.78 is 7.07. The molecule has 4 heteroatoms. The van der Waals surface area contributed by atoms with Crippen LogP contribution in [0.1, 0.15) is 18.8 Å².